The molecule has 29 heavy (non-hydrogen) atoms. The molecular weight excluding hydrogens is 404 g/mol. The highest BCUT2D eigenvalue weighted by atomic mass is 35.5. The summed E-state index contributed by atoms with van der Waals surface area (Å²) in [7, 11) is 0. The van der Waals surface area contributed by atoms with Crippen molar-refractivity contribution < 1.29 is 9.21 Å². The second kappa shape index (κ2) is 7.35. The van der Waals surface area contributed by atoms with Gasteiger partial charge in [-0.15, -0.1) is 0 Å². The summed E-state index contributed by atoms with van der Waals surface area (Å²) in [6.07, 6.45) is 1.60. The fraction of sp³-hybridized carbons (Fsp3) is 0.0435. The molecule has 4 nitrogen and oxygen atoms in total. The van der Waals surface area contributed by atoms with E-state index in [2.05, 4.69) is 4.98 Å². The van der Waals surface area contributed by atoms with Gasteiger partial charge in [-0.1, -0.05) is 53.3 Å². The van der Waals surface area contributed by atoms with Crippen molar-refractivity contribution in [2.75, 3.05) is 4.90 Å². The molecule has 1 amide bonds. The number of fused-ring (bicyclic) bond motifs is 2. The third-order valence-corrected chi connectivity index (χ3v) is 5.98. The summed E-state index contributed by atoms with van der Waals surface area (Å²) in [4.78, 5) is 19.8. The van der Waals surface area contributed by atoms with Crippen LogP contribution in [-0.4, -0.2) is 10.9 Å². The molecule has 0 aliphatic carbocycles. The fourth-order valence-corrected chi connectivity index (χ4v) is 4.50. The minimum atomic E-state index is -0.127. The quantitative estimate of drug-likeness (QED) is 0.332. The van der Waals surface area contributed by atoms with Gasteiger partial charge in [-0.2, -0.15) is 0 Å². The normalized spacial score (nSPS) is 11.2. The van der Waals surface area contributed by atoms with E-state index in [4.69, 9.17) is 16.0 Å². The van der Waals surface area contributed by atoms with Crippen LogP contribution in [0.3, 0.4) is 0 Å². The van der Waals surface area contributed by atoms with E-state index in [1.807, 2.05) is 66.7 Å². The summed E-state index contributed by atoms with van der Waals surface area (Å²) < 4.78 is 6.43. The lowest BCUT2D eigenvalue weighted by Gasteiger charge is -2.19. The molecule has 0 saturated carbocycles. The molecule has 0 N–H and O–H groups in total. The zero-order valence-electron chi connectivity index (χ0n) is 15.2. The van der Waals surface area contributed by atoms with E-state index in [0.717, 1.165) is 21.0 Å². The van der Waals surface area contributed by atoms with Crippen molar-refractivity contribution in [3.63, 3.8) is 0 Å². The van der Waals surface area contributed by atoms with Crippen molar-refractivity contribution in [3.05, 3.63) is 95.4 Å². The van der Waals surface area contributed by atoms with E-state index in [-0.39, 0.29) is 5.91 Å². The molecule has 0 fully saturated rings. The minimum absolute atomic E-state index is 0.127. The van der Waals surface area contributed by atoms with Crippen LogP contribution in [0.15, 0.2) is 83.5 Å². The zero-order chi connectivity index (χ0) is 19.8. The monoisotopic (exact) mass is 418 g/mol. The SMILES string of the molecule is O=C(c1ccc2ccccc2c1)N(Cc1ccco1)c1nc2ccc(Cl)cc2s1. The van der Waals surface area contributed by atoms with Crippen LogP contribution < -0.4 is 4.90 Å². The Morgan fingerprint density at radius 3 is 2.69 bits per heavy atom. The van der Waals surface area contributed by atoms with Gasteiger partial charge in [0.1, 0.15) is 5.76 Å². The van der Waals surface area contributed by atoms with Gasteiger partial charge in [0.15, 0.2) is 5.13 Å². The molecule has 3 aromatic carbocycles. The van der Waals surface area contributed by atoms with Gasteiger partial charge < -0.3 is 4.42 Å². The molecule has 0 atom stereocenters. The number of thiazole rings is 1. The Hall–Kier alpha value is -3.15. The predicted molar refractivity (Wildman–Crippen MR) is 118 cm³/mol. The number of carbonyl (C=O) groups is 1. The van der Waals surface area contributed by atoms with Crippen LogP contribution >= 0.6 is 22.9 Å². The van der Waals surface area contributed by atoms with Crippen LogP contribution in [0.2, 0.25) is 5.02 Å². The molecule has 0 unspecified atom stereocenters. The van der Waals surface area contributed by atoms with Gasteiger partial charge in [-0.25, -0.2) is 4.98 Å². The first-order valence-corrected chi connectivity index (χ1v) is 10.3. The second-order valence-corrected chi connectivity index (χ2v) is 8.09. The maximum Gasteiger partial charge on any atom is 0.260 e. The van der Waals surface area contributed by atoms with Gasteiger partial charge >= 0.3 is 0 Å². The molecule has 0 aliphatic heterocycles. The zero-order valence-corrected chi connectivity index (χ0v) is 16.8. The van der Waals surface area contributed by atoms with Gasteiger partial charge in [0.05, 0.1) is 23.0 Å². The molecule has 0 bridgehead atoms. The molecule has 5 rings (SSSR count). The number of aromatic nitrogens is 1. The van der Waals surface area contributed by atoms with Crippen LogP contribution in [-0.2, 0) is 6.54 Å². The number of anilines is 1. The molecule has 5 aromatic rings. The first kappa shape index (κ1) is 17.9. The van der Waals surface area contributed by atoms with Crippen molar-refractivity contribution in [3.8, 4) is 0 Å². The Bertz CT molecular complexity index is 1330. The Balaban J connectivity index is 1.58. The second-order valence-electron chi connectivity index (χ2n) is 6.64. The Morgan fingerprint density at radius 2 is 1.86 bits per heavy atom. The lowest BCUT2D eigenvalue weighted by Crippen LogP contribution is -2.30. The average Bonchev–Trinajstić information content (AvgIpc) is 3.40. The fourth-order valence-electron chi connectivity index (χ4n) is 3.26. The van der Waals surface area contributed by atoms with E-state index in [0.29, 0.717) is 28.0 Å². The van der Waals surface area contributed by atoms with Crippen molar-refractivity contribution in [1.82, 2.24) is 4.98 Å². The van der Waals surface area contributed by atoms with Crippen molar-refractivity contribution in [2.24, 2.45) is 0 Å². The maximum absolute atomic E-state index is 13.5. The molecule has 0 radical (unpaired) electrons. The Labute approximate surface area is 176 Å². The van der Waals surface area contributed by atoms with E-state index in [9.17, 15) is 4.79 Å². The van der Waals surface area contributed by atoms with Gasteiger partial charge in [0.25, 0.3) is 5.91 Å². The van der Waals surface area contributed by atoms with E-state index >= 15 is 0 Å². The third kappa shape index (κ3) is 3.50. The van der Waals surface area contributed by atoms with Crippen molar-refractivity contribution in [2.45, 2.75) is 6.54 Å². The topological polar surface area (TPSA) is 46.3 Å². The smallest absolute Gasteiger partial charge is 0.260 e. The van der Waals surface area contributed by atoms with E-state index in [1.54, 1.807) is 17.2 Å². The molecule has 2 heterocycles. The maximum atomic E-state index is 13.5. The van der Waals surface area contributed by atoms with Crippen LogP contribution in [0.25, 0.3) is 21.0 Å². The standard InChI is InChI=1S/C23H15ClN2O2S/c24-18-9-10-20-21(13-18)29-23(25-20)26(14-19-6-3-11-28-19)22(27)17-8-7-15-4-1-2-5-16(15)12-17/h1-13H,14H2. The number of hydrogen-bond donors (Lipinski definition) is 0. The molecular formula is C23H15ClN2O2S. The molecule has 2 aromatic heterocycles. The lowest BCUT2D eigenvalue weighted by molar-refractivity contribution is 0.0983. The summed E-state index contributed by atoms with van der Waals surface area (Å²) in [6.45, 7) is 0.298. The molecule has 0 spiro atoms. The van der Waals surface area contributed by atoms with Crippen LogP contribution in [0.1, 0.15) is 16.1 Å². The summed E-state index contributed by atoms with van der Waals surface area (Å²) in [5, 5.41) is 3.37. The van der Waals surface area contributed by atoms with Gasteiger partial charge in [0, 0.05) is 10.6 Å². The molecule has 0 aliphatic rings. The van der Waals surface area contributed by atoms with Crippen LogP contribution in [0, 0.1) is 0 Å². The number of nitrogens with zero attached hydrogens (tertiary/aromatic N) is 2. The lowest BCUT2D eigenvalue weighted by atomic mass is 10.1. The average molecular weight is 419 g/mol. The highest BCUT2D eigenvalue weighted by Crippen LogP contribution is 2.32. The first-order chi connectivity index (χ1) is 14.2. The molecule has 0 saturated heterocycles. The summed E-state index contributed by atoms with van der Waals surface area (Å²) in [6, 6.07) is 22.9. The van der Waals surface area contributed by atoms with Gasteiger partial charge in [-0.3, -0.25) is 9.69 Å². The highest BCUT2D eigenvalue weighted by molar-refractivity contribution is 7.22. The molecule has 6 heteroatoms. The minimum Gasteiger partial charge on any atom is -0.467 e. The number of benzene rings is 3. The van der Waals surface area contributed by atoms with Crippen LogP contribution in [0.4, 0.5) is 5.13 Å². The number of halogens is 1. The number of amides is 1. The first-order valence-electron chi connectivity index (χ1n) is 9.06. The molecule has 142 valence electrons. The Kier molecular flexibility index (Phi) is 4.54. The highest BCUT2D eigenvalue weighted by Gasteiger charge is 2.23. The number of carbonyl (C=O) groups excluding carboxylic acids is 1. The third-order valence-electron chi connectivity index (χ3n) is 4.71. The van der Waals surface area contributed by atoms with Crippen molar-refractivity contribution >= 4 is 55.0 Å². The number of rotatable bonds is 4. The van der Waals surface area contributed by atoms with Gasteiger partial charge in [-0.05, 0) is 53.2 Å². The predicted octanol–water partition coefficient (Wildman–Crippen LogP) is 6.54. The summed E-state index contributed by atoms with van der Waals surface area (Å²) in [5.74, 6) is 0.564. The largest absolute Gasteiger partial charge is 0.467 e. The van der Waals surface area contributed by atoms with Crippen molar-refractivity contribution in [1.29, 1.82) is 0 Å². The van der Waals surface area contributed by atoms with Crippen LogP contribution in [0.5, 0.6) is 0 Å². The number of furan rings is 1. The summed E-state index contributed by atoms with van der Waals surface area (Å²) in [5.41, 5.74) is 1.41. The Morgan fingerprint density at radius 1 is 1.00 bits per heavy atom. The number of hydrogen-bond acceptors (Lipinski definition) is 4. The summed E-state index contributed by atoms with van der Waals surface area (Å²) >= 11 is 7.56. The van der Waals surface area contributed by atoms with Gasteiger partial charge in [0.2, 0.25) is 0 Å². The van der Waals surface area contributed by atoms with E-state index < -0.39 is 0 Å². The van der Waals surface area contributed by atoms with E-state index in [1.165, 1.54) is 11.3 Å².